The number of rotatable bonds is 4. The summed E-state index contributed by atoms with van der Waals surface area (Å²) in [4.78, 5) is 11.1. The molecule has 4 heteroatoms. The summed E-state index contributed by atoms with van der Waals surface area (Å²) < 4.78 is -0.516. The summed E-state index contributed by atoms with van der Waals surface area (Å²) in [6, 6.07) is 0. The van der Waals surface area contributed by atoms with Gasteiger partial charge in [0.15, 0.2) is 0 Å². The first-order valence-electron chi connectivity index (χ1n) is 4.79. The Morgan fingerprint density at radius 1 is 1.38 bits per heavy atom. The fraction of sp³-hybridized carbons (Fsp3) is 0.889. The van der Waals surface area contributed by atoms with Gasteiger partial charge < -0.3 is 10.8 Å². The van der Waals surface area contributed by atoms with Gasteiger partial charge in [-0.05, 0) is 12.8 Å². The van der Waals surface area contributed by atoms with Gasteiger partial charge in [0.25, 0.3) is 0 Å². The van der Waals surface area contributed by atoms with Crippen LogP contribution < -0.4 is 5.73 Å². The molecule has 13 heavy (non-hydrogen) atoms. The molecule has 0 radical (unpaired) electrons. The minimum absolute atomic E-state index is 0.516. The fourth-order valence-corrected chi connectivity index (χ4v) is 3.01. The molecule has 0 unspecified atom stereocenters. The number of carbonyl (C=O) groups is 1. The largest absolute Gasteiger partial charge is 0.480 e. The third-order valence-corrected chi connectivity index (χ3v) is 4.12. The lowest BCUT2D eigenvalue weighted by Crippen LogP contribution is -2.38. The predicted molar refractivity (Wildman–Crippen MR) is 55.0 cm³/mol. The van der Waals surface area contributed by atoms with Gasteiger partial charge >= 0.3 is 5.97 Å². The minimum Gasteiger partial charge on any atom is -0.480 e. The van der Waals surface area contributed by atoms with Crippen molar-refractivity contribution in [3.8, 4) is 0 Å². The fourth-order valence-electron chi connectivity index (χ4n) is 1.80. The van der Waals surface area contributed by atoms with Gasteiger partial charge in [-0.25, -0.2) is 0 Å². The number of carboxylic acids is 1. The second kappa shape index (κ2) is 4.86. The molecule has 0 bridgehead atoms. The molecule has 0 amide bonds. The van der Waals surface area contributed by atoms with Gasteiger partial charge in [0, 0.05) is 12.3 Å². The van der Waals surface area contributed by atoms with Gasteiger partial charge in [-0.1, -0.05) is 19.3 Å². The summed E-state index contributed by atoms with van der Waals surface area (Å²) in [5.41, 5.74) is 5.39. The standard InChI is InChI=1S/C9H17NO2S/c10-6-7-13-9(8(11)12)4-2-1-3-5-9/h1-7,10H2,(H,11,12). The van der Waals surface area contributed by atoms with Crippen molar-refractivity contribution in [2.24, 2.45) is 5.73 Å². The van der Waals surface area contributed by atoms with Crippen molar-refractivity contribution < 1.29 is 9.90 Å². The average molecular weight is 203 g/mol. The summed E-state index contributed by atoms with van der Waals surface area (Å²) in [6.45, 7) is 0.569. The Balaban J connectivity index is 2.56. The molecule has 1 aliphatic carbocycles. The SMILES string of the molecule is NCCSC1(C(=O)O)CCCCC1. The molecule has 1 rings (SSSR count). The molecule has 1 saturated carbocycles. The van der Waals surface area contributed by atoms with E-state index < -0.39 is 10.7 Å². The highest BCUT2D eigenvalue weighted by Gasteiger charge is 2.39. The van der Waals surface area contributed by atoms with Gasteiger partial charge in [0.05, 0.1) is 0 Å². The zero-order valence-corrected chi connectivity index (χ0v) is 8.61. The first-order chi connectivity index (χ1) is 6.21. The second-order valence-corrected chi connectivity index (χ2v) is 4.98. The van der Waals surface area contributed by atoms with Crippen molar-refractivity contribution in [3.05, 3.63) is 0 Å². The highest BCUT2D eigenvalue weighted by atomic mass is 32.2. The molecule has 0 aliphatic heterocycles. The van der Waals surface area contributed by atoms with Crippen LogP contribution in [0.4, 0.5) is 0 Å². The van der Waals surface area contributed by atoms with E-state index in [0.717, 1.165) is 31.4 Å². The normalized spacial score (nSPS) is 21.3. The Bertz CT molecular complexity index is 178. The van der Waals surface area contributed by atoms with Crippen molar-refractivity contribution in [2.75, 3.05) is 12.3 Å². The second-order valence-electron chi connectivity index (χ2n) is 3.50. The summed E-state index contributed by atoms with van der Waals surface area (Å²) in [6.07, 6.45) is 4.89. The molecule has 3 N–H and O–H groups in total. The lowest BCUT2D eigenvalue weighted by Gasteiger charge is -2.32. The average Bonchev–Trinajstić information content (AvgIpc) is 2.16. The molecule has 3 nitrogen and oxygen atoms in total. The molecule has 0 heterocycles. The summed E-state index contributed by atoms with van der Waals surface area (Å²) >= 11 is 1.53. The Labute approximate surface area is 83.1 Å². The van der Waals surface area contributed by atoms with E-state index in [1.54, 1.807) is 0 Å². The Kier molecular flexibility index (Phi) is 4.06. The van der Waals surface area contributed by atoms with E-state index in [1.807, 2.05) is 0 Å². The van der Waals surface area contributed by atoms with Crippen LogP contribution in [0.3, 0.4) is 0 Å². The molecule has 1 aliphatic rings. The predicted octanol–water partition coefficient (Wildman–Crippen LogP) is 1.47. The van der Waals surface area contributed by atoms with E-state index in [1.165, 1.54) is 18.2 Å². The van der Waals surface area contributed by atoms with E-state index in [2.05, 4.69) is 0 Å². The lowest BCUT2D eigenvalue weighted by molar-refractivity contribution is -0.140. The third-order valence-electron chi connectivity index (χ3n) is 2.55. The molecular weight excluding hydrogens is 186 g/mol. The van der Waals surface area contributed by atoms with Crippen molar-refractivity contribution in [1.29, 1.82) is 0 Å². The molecule has 0 aromatic heterocycles. The molecule has 0 atom stereocenters. The lowest BCUT2D eigenvalue weighted by atomic mass is 9.88. The highest BCUT2D eigenvalue weighted by molar-refractivity contribution is 8.01. The molecule has 0 aromatic carbocycles. The Morgan fingerprint density at radius 2 is 2.00 bits per heavy atom. The zero-order chi connectivity index (χ0) is 9.73. The van der Waals surface area contributed by atoms with Crippen LogP contribution in [0, 0.1) is 0 Å². The molecule has 1 fully saturated rings. The van der Waals surface area contributed by atoms with E-state index in [-0.39, 0.29) is 0 Å². The zero-order valence-electron chi connectivity index (χ0n) is 7.79. The summed E-state index contributed by atoms with van der Waals surface area (Å²) in [5.74, 6) is 0.109. The number of nitrogens with two attached hydrogens (primary N) is 1. The number of hydrogen-bond donors (Lipinski definition) is 2. The number of hydrogen-bond acceptors (Lipinski definition) is 3. The maximum Gasteiger partial charge on any atom is 0.319 e. The maximum atomic E-state index is 11.1. The molecule has 76 valence electrons. The van der Waals surface area contributed by atoms with Crippen molar-refractivity contribution in [3.63, 3.8) is 0 Å². The van der Waals surface area contributed by atoms with Gasteiger partial charge in [-0.15, -0.1) is 11.8 Å². The molecule has 0 saturated heterocycles. The third kappa shape index (κ3) is 2.61. The van der Waals surface area contributed by atoms with Crippen LogP contribution in [-0.4, -0.2) is 28.1 Å². The van der Waals surface area contributed by atoms with Crippen molar-refractivity contribution in [2.45, 2.75) is 36.9 Å². The number of aliphatic carboxylic acids is 1. The number of thioether (sulfide) groups is 1. The number of carboxylic acid groups (broad SMARTS) is 1. The molecule has 0 aromatic rings. The Morgan fingerprint density at radius 3 is 2.46 bits per heavy atom. The van der Waals surface area contributed by atoms with Crippen LogP contribution in [0.2, 0.25) is 0 Å². The van der Waals surface area contributed by atoms with E-state index >= 15 is 0 Å². The first kappa shape index (κ1) is 10.9. The first-order valence-corrected chi connectivity index (χ1v) is 5.77. The summed E-state index contributed by atoms with van der Waals surface area (Å²) in [5, 5.41) is 9.15. The molecular formula is C9H17NO2S. The van der Waals surface area contributed by atoms with Crippen LogP contribution in [0.15, 0.2) is 0 Å². The Hall–Kier alpha value is -0.220. The summed E-state index contributed by atoms with van der Waals surface area (Å²) in [7, 11) is 0. The monoisotopic (exact) mass is 203 g/mol. The quantitative estimate of drug-likeness (QED) is 0.726. The molecule has 0 spiro atoms. The van der Waals surface area contributed by atoms with E-state index in [4.69, 9.17) is 10.8 Å². The van der Waals surface area contributed by atoms with Crippen molar-refractivity contribution >= 4 is 17.7 Å². The highest BCUT2D eigenvalue weighted by Crippen LogP contribution is 2.39. The topological polar surface area (TPSA) is 63.3 Å². The van der Waals surface area contributed by atoms with Crippen LogP contribution in [-0.2, 0) is 4.79 Å². The van der Waals surface area contributed by atoms with Gasteiger partial charge in [0.2, 0.25) is 0 Å². The van der Waals surface area contributed by atoms with Crippen molar-refractivity contribution in [1.82, 2.24) is 0 Å². The van der Waals surface area contributed by atoms with Gasteiger partial charge in [-0.2, -0.15) is 0 Å². The van der Waals surface area contributed by atoms with E-state index in [0.29, 0.717) is 6.54 Å². The van der Waals surface area contributed by atoms with Crippen LogP contribution in [0.1, 0.15) is 32.1 Å². The van der Waals surface area contributed by atoms with Crippen LogP contribution in [0.5, 0.6) is 0 Å². The smallest absolute Gasteiger partial charge is 0.319 e. The van der Waals surface area contributed by atoms with Gasteiger partial charge in [0.1, 0.15) is 4.75 Å². The maximum absolute atomic E-state index is 11.1. The van der Waals surface area contributed by atoms with E-state index in [9.17, 15) is 4.79 Å². The van der Waals surface area contributed by atoms with Crippen LogP contribution >= 0.6 is 11.8 Å². The van der Waals surface area contributed by atoms with Crippen LogP contribution in [0.25, 0.3) is 0 Å². The van der Waals surface area contributed by atoms with Gasteiger partial charge in [-0.3, -0.25) is 4.79 Å². The minimum atomic E-state index is -0.648.